The summed E-state index contributed by atoms with van der Waals surface area (Å²) in [6.45, 7) is 8.86. The maximum absolute atomic E-state index is 5.10. The molecular formula is C32H35BrN4Pd. The Morgan fingerprint density at radius 1 is 0.658 bits per heavy atom. The topological polar surface area (TPSA) is 54.0 Å². The SMILES string of the molecule is CCCC1=Cc2nc1ccc1[n-]c(c3nc(ccc4[n-]c2cc4CCC)C(CCC)=C3)c(Br)c1CCC.[Pd+2]. The van der Waals surface area contributed by atoms with Crippen LogP contribution in [0, 0.1) is 0 Å². The maximum atomic E-state index is 5.10. The number of aromatic nitrogens is 4. The van der Waals surface area contributed by atoms with Crippen LogP contribution in [0.25, 0.3) is 45.4 Å². The molecule has 4 nitrogen and oxygen atoms in total. The van der Waals surface area contributed by atoms with E-state index in [1.54, 1.807) is 0 Å². The number of hydrogen-bond acceptors (Lipinski definition) is 2. The quantitative estimate of drug-likeness (QED) is 0.226. The van der Waals surface area contributed by atoms with E-state index in [-0.39, 0.29) is 20.4 Å². The summed E-state index contributed by atoms with van der Waals surface area (Å²) in [6.07, 6.45) is 12.7. The van der Waals surface area contributed by atoms with Gasteiger partial charge in [0.05, 0.1) is 17.1 Å². The van der Waals surface area contributed by atoms with Gasteiger partial charge < -0.3 is 9.97 Å². The smallest absolute Gasteiger partial charge is 0.656 e. The molecule has 5 heterocycles. The van der Waals surface area contributed by atoms with Crippen molar-refractivity contribution in [2.24, 2.45) is 0 Å². The standard InChI is InChI=1S/C32H35BrN4.Pd/c1-5-9-20-17-28-29-18-21(10-6-2)25(35-29)15-16-27-23(12-8-4)31(33)32(37-27)30-19-22(11-7-3)26(36-30)14-13-24(20)34-28;/h13-19H,5-12H2,1-4H3;/q-2;+2. The Bertz CT molecular complexity index is 1540. The molecule has 0 unspecified atom stereocenters. The van der Waals surface area contributed by atoms with Crippen LogP contribution in [0.1, 0.15) is 100 Å². The van der Waals surface area contributed by atoms with Crippen LogP contribution in [-0.4, -0.2) is 9.97 Å². The van der Waals surface area contributed by atoms with E-state index >= 15 is 0 Å². The van der Waals surface area contributed by atoms with Crippen molar-refractivity contribution in [2.75, 3.05) is 0 Å². The minimum Gasteiger partial charge on any atom is -0.656 e. The fraction of sp³-hybridized carbons (Fsp3) is 0.375. The first kappa shape index (κ1) is 28.7. The summed E-state index contributed by atoms with van der Waals surface area (Å²) in [5.74, 6) is 0. The summed E-state index contributed by atoms with van der Waals surface area (Å²) >= 11 is 3.90. The van der Waals surface area contributed by atoms with Crippen molar-refractivity contribution in [3.8, 4) is 0 Å². The number of hydrogen-bond donors (Lipinski definition) is 0. The molecule has 2 aliphatic rings. The fourth-order valence-electron chi connectivity index (χ4n) is 5.25. The van der Waals surface area contributed by atoms with Gasteiger partial charge in [0.1, 0.15) is 0 Å². The third-order valence-corrected chi connectivity index (χ3v) is 7.87. The first-order chi connectivity index (χ1) is 18.1. The number of allylic oxidation sites excluding steroid dienone is 2. The third kappa shape index (κ3) is 5.69. The molecule has 0 amide bonds. The maximum Gasteiger partial charge on any atom is 2.00 e. The van der Waals surface area contributed by atoms with Gasteiger partial charge in [-0.15, -0.1) is 16.6 Å². The summed E-state index contributed by atoms with van der Waals surface area (Å²) in [5.41, 5.74) is 12.9. The van der Waals surface area contributed by atoms with Gasteiger partial charge in [-0.05, 0) is 66.7 Å². The first-order valence-electron chi connectivity index (χ1n) is 13.8. The van der Waals surface area contributed by atoms with E-state index in [2.05, 4.69) is 86.1 Å². The Morgan fingerprint density at radius 3 is 1.87 bits per heavy atom. The van der Waals surface area contributed by atoms with Gasteiger partial charge in [0.15, 0.2) is 0 Å². The van der Waals surface area contributed by atoms with E-state index in [0.717, 1.165) is 101 Å². The molecule has 0 spiro atoms. The van der Waals surface area contributed by atoms with Gasteiger partial charge in [0, 0.05) is 10.2 Å². The van der Waals surface area contributed by atoms with Crippen LogP contribution in [0.5, 0.6) is 0 Å². The summed E-state index contributed by atoms with van der Waals surface area (Å²) < 4.78 is 1.06. The van der Waals surface area contributed by atoms with E-state index < -0.39 is 0 Å². The predicted octanol–water partition coefficient (Wildman–Crippen LogP) is 8.92. The van der Waals surface area contributed by atoms with Crippen LogP contribution in [0.3, 0.4) is 0 Å². The number of fused-ring (bicyclic) bond motifs is 10. The van der Waals surface area contributed by atoms with Crippen molar-refractivity contribution in [3.63, 3.8) is 0 Å². The molecule has 0 fully saturated rings. The number of nitrogens with zero attached hydrogens (tertiary/aromatic N) is 4. The first-order valence-corrected chi connectivity index (χ1v) is 14.6. The molecule has 6 heteroatoms. The largest absolute Gasteiger partial charge is 2.00 e. The average Bonchev–Trinajstić information content (AvgIpc) is 3.64. The fourth-order valence-corrected chi connectivity index (χ4v) is 5.94. The van der Waals surface area contributed by atoms with Crippen molar-refractivity contribution in [1.29, 1.82) is 0 Å². The Morgan fingerprint density at radius 2 is 1.24 bits per heavy atom. The minimum atomic E-state index is 0. The molecule has 0 aromatic carbocycles. The van der Waals surface area contributed by atoms with Gasteiger partial charge in [-0.25, -0.2) is 0 Å². The normalized spacial score (nSPS) is 12.8. The van der Waals surface area contributed by atoms with E-state index in [0.29, 0.717) is 0 Å². The second-order valence-electron chi connectivity index (χ2n) is 9.96. The van der Waals surface area contributed by atoms with Crippen molar-refractivity contribution in [1.82, 2.24) is 19.9 Å². The molecule has 0 aliphatic carbocycles. The van der Waals surface area contributed by atoms with E-state index in [4.69, 9.17) is 19.9 Å². The average molecular weight is 662 g/mol. The zero-order chi connectivity index (χ0) is 25.9. The van der Waals surface area contributed by atoms with Gasteiger partial charge in [0.25, 0.3) is 0 Å². The zero-order valence-electron chi connectivity index (χ0n) is 22.7. The Balaban J connectivity index is 0.00000336. The molecule has 8 bridgehead atoms. The van der Waals surface area contributed by atoms with Gasteiger partial charge in [-0.1, -0.05) is 98.6 Å². The molecule has 0 saturated heterocycles. The van der Waals surface area contributed by atoms with Crippen LogP contribution in [-0.2, 0) is 33.3 Å². The number of aryl methyl sites for hydroxylation is 2. The Hall–Kier alpha value is -2.26. The third-order valence-electron chi connectivity index (χ3n) is 7.02. The second-order valence-corrected chi connectivity index (χ2v) is 10.8. The van der Waals surface area contributed by atoms with Crippen molar-refractivity contribution < 1.29 is 20.4 Å². The van der Waals surface area contributed by atoms with Crippen LogP contribution < -0.4 is 9.97 Å². The molecule has 2 aliphatic heterocycles. The van der Waals surface area contributed by atoms with Crippen LogP contribution >= 0.6 is 15.9 Å². The van der Waals surface area contributed by atoms with Gasteiger partial charge in [-0.3, -0.25) is 9.97 Å². The molecule has 3 aromatic rings. The molecule has 0 atom stereocenters. The molecule has 200 valence electrons. The zero-order valence-corrected chi connectivity index (χ0v) is 25.8. The van der Waals surface area contributed by atoms with Crippen LogP contribution in [0.2, 0.25) is 0 Å². The van der Waals surface area contributed by atoms with E-state index in [1.165, 1.54) is 22.3 Å². The second kappa shape index (κ2) is 12.7. The molecule has 3 aromatic heterocycles. The Kier molecular flexibility index (Phi) is 9.63. The summed E-state index contributed by atoms with van der Waals surface area (Å²) in [7, 11) is 0. The summed E-state index contributed by atoms with van der Waals surface area (Å²) in [6, 6.07) is 10.8. The van der Waals surface area contributed by atoms with E-state index in [9.17, 15) is 0 Å². The van der Waals surface area contributed by atoms with Crippen molar-refractivity contribution >= 4 is 61.3 Å². The van der Waals surface area contributed by atoms with E-state index in [1.807, 2.05) is 0 Å². The Labute approximate surface area is 248 Å². The molecule has 5 rings (SSSR count). The van der Waals surface area contributed by atoms with Crippen LogP contribution in [0.15, 0.2) is 34.8 Å². The van der Waals surface area contributed by atoms with Crippen molar-refractivity contribution in [3.05, 3.63) is 68.7 Å². The number of halogens is 1. The molecule has 0 saturated carbocycles. The van der Waals surface area contributed by atoms with Crippen LogP contribution in [0.4, 0.5) is 0 Å². The van der Waals surface area contributed by atoms with Gasteiger partial charge in [-0.2, -0.15) is 0 Å². The monoisotopic (exact) mass is 660 g/mol. The number of rotatable bonds is 8. The van der Waals surface area contributed by atoms with Crippen molar-refractivity contribution in [2.45, 2.75) is 79.1 Å². The summed E-state index contributed by atoms with van der Waals surface area (Å²) in [4.78, 5) is 20.3. The van der Waals surface area contributed by atoms with Gasteiger partial charge in [0.2, 0.25) is 0 Å². The van der Waals surface area contributed by atoms with Gasteiger partial charge >= 0.3 is 20.4 Å². The molecular weight excluding hydrogens is 627 g/mol. The molecule has 0 radical (unpaired) electrons. The summed E-state index contributed by atoms with van der Waals surface area (Å²) in [5, 5.41) is 0. The molecule has 0 N–H and O–H groups in total. The minimum absolute atomic E-state index is 0. The predicted molar refractivity (Wildman–Crippen MR) is 160 cm³/mol. The molecule has 38 heavy (non-hydrogen) atoms.